The predicted octanol–water partition coefficient (Wildman–Crippen LogP) is 3.28. The number of amides is 1. The molecule has 1 aromatic carbocycles. The first-order valence-corrected chi connectivity index (χ1v) is 9.57. The lowest BCUT2D eigenvalue weighted by Gasteiger charge is -2.39. The number of ether oxygens (including phenoxy) is 1. The van der Waals surface area contributed by atoms with Crippen LogP contribution in [-0.2, 0) is 14.3 Å². The molecule has 2 aliphatic rings. The molecule has 0 radical (unpaired) electrons. The molecule has 0 spiro atoms. The summed E-state index contributed by atoms with van der Waals surface area (Å²) in [5.41, 5.74) is 0.103. The van der Waals surface area contributed by atoms with Gasteiger partial charge in [-0.3, -0.25) is 9.69 Å². The Morgan fingerprint density at radius 2 is 1.65 bits per heavy atom. The van der Waals surface area contributed by atoms with Gasteiger partial charge in [-0.25, -0.2) is 4.79 Å². The largest absolute Gasteiger partial charge is 0.468 e. The maximum atomic E-state index is 12.7. The van der Waals surface area contributed by atoms with Crippen LogP contribution in [0, 0.1) is 5.41 Å². The number of methoxy groups -OCH3 is 1. The normalized spacial score (nSPS) is 26.3. The Morgan fingerprint density at radius 1 is 1.12 bits per heavy atom. The lowest BCUT2D eigenvalue weighted by Crippen LogP contribution is -2.53. The highest BCUT2D eigenvalue weighted by Crippen LogP contribution is 2.64. The summed E-state index contributed by atoms with van der Waals surface area (Å²) in [4.78, 5) is 28.9. The van der Waals surface area contributed by atoms with Crippen LogP contribution in [0.25, 0.3) is 0 Å². The van der Waals surface area contributed by atoms with Crippen LogP contribution in [-0.4, -0.2) is 59.3 Å². The summed E-state index contributed by atoms with van der Waals surface area (Å²) in [6, 6.07) is 6.62. The number of carbonyl (C=O) groups is 2. The second-order valence-corrected chi connectivity index (χ2v) is 8.94. The molecule has 2 fully saturated rings. The van der Waals surface area contributed by atoms with Crippen LogP contribution in [0.3, 0.4) is 0 Å². The molecular weight excluding hydrogens is 399 g/mol. The zero-order valence-electron chi connectivity index (χ0n) is 14.7. The van der Waals surface area contributed by atoms with Gasteiger partial charge in [-0.05, 0) is 31.0 Å². The summed E-state index contributed by atoms with van der Waals surface area (Å²) >= 11 is 18.2. The van der Waals surface area contributed by atoms with Crippen molar-refractivity contribution in [1.82, 2.24) is 9.80 Å². The number of esters is 1. The number of nitrogens with zero attached hydrogens (tertiary/aromatic N) is 2. The summed E-state index contributed by atoms with van der Waals surface area (Å²) in [6.45, 7) is 3.94. The molecule has 1 saturated heterocycles. The van der Waals surface area contributed by atoms with Gasteiger partial charge < -0.3 is 9.64 Å². The van der Waals surface area contributed by atoms with Gasteiger partial charge >= 0.3 is 5.97 Å². The van der Waals surface area contributed by atoms with Crippen molar-refractivity contribution in [3.8, 4) is 0 Å². The van der Waals surface area contributed by atoms with Crippen LogP contribution in [0.1, 0.15) is 24.9 Å². The molecular formula is C18H21Cl3N2O3. The quantitative estimate of drug-likeness (QED) is 0.555. The number of piperazine rings is 1. The minimum atomic E-state index is -0.973. The molecule has 1 saturated carbocycles. The van der Waals surface area contributed by atoms with E-state index in [4.69, 9.17) is 39.5 Å². The van der Waals surface area contributed by atoms with E-state index >= 15 is 0 Å². The van der Waals surface area contributed by atoms with Gasteiger partial charge in [0.15, 0.2) is 0 Å². The average molecular weight is 420 g/mol. The summed E-state index contributed by atoms with van der Waals surface area (Å²) in [6.07, 6.45) is 0.470. The maximum absolute atomic E-state index is 12.7. The summed E-state index contributed by atoms with van der Waals surface area (Å²) in [7, 11) is 1.37. The molecule has 2 atom stereocenters. The molecule has 5 nitrogen and oxygen atoms in total. The van der Waals surface area contributed by atoms with E-state index in [0.29, 0.717) is 37.6 Å². The predicted molar refractivity (Wildman–Crippen MR) is 102 cm³/mol. The van der Waals surface area contributed by atoms with Gasteiger partial charge in [0.05, 0.1) is 12.5 Å². The van der Waals surface area contributed by atoms with Crippen molar-refractivity contribution in [3.63, 3.8) is 0 Å². The Morgan fingerprint density at radius 3 is 2.12 bits per heavy atom. The number of carbonyl (C=O) groups excluding carboxylic acids is 2. The van der Waals surface area contributed by atoms with E-state index in [1.54, 1.807) is 24.0 Å². The molecule has 1 aliphatic heterocycles. The number of halogens is 3. The fraction of sp³-hybridized carbons (Fsp3) is 0.556. The van der Waals surface area contributed by atoms with E-state index < -0.39 is 15.8 Å². The number of benzene rings is 1. The van der Waals surface area contributed by atoms with Gasteiger partial charge in [0.1, 0.15) is 10.4 Å². The summed E-state index contributed by atoms with van der Waals surface area (Å²) in [5.74, 6) is -0.356. The zero-order chi connectivity index (χ0) is 19.1. The fourth-order valence-electron chi connectivity index (χ4n) is 3.42. The molecule has 0 aromatic heterocycles. The number of hydrogen-bond donors (Lipinski definition) is 0. The van der Waals surface area contributed by atoms with E-state index in [1.165, 1.54) is 7.11 Å². The van der Waals surface area contributed by atoms with Crippen LogP contribution in [0.4, 0.5) is 0 Å². The first-order chi connectivity index (χ1) is 12.2. The minimum Gasteiger partial charge on any atom is -0.468 e. The Labute approximate surface area is 168 Å². The van der Waals surface area contributed by atoms with Crippen LogP contribution >= 0.6 is 34.8 Å². The van der Waals surface area contributed by atoms with Gasteiger partial charge in [-0.2, -0.15) is 0 Å². The van der Waals surface area contributed by atoms with Gasteiger partial charge in [0, 0.05) is 31.2 Å². The third kappa shape index (κ3) is 3.55. The standard InChI is InChI=1S/C18H21Cl3N2O3/c1-17(11-18(17,20)21)16(25)23-9-7-22(8-10-23)14(15(24)26-2)12-3-5-13(19)6-4-12/h3-6,14H,7-11H2,1-2H3/t14-,17+/m1/s1. The van der Waals surface area contributed by atoms with Gasteiger partial charge in [-0.1, -0.05) is 23.7 Å². The highest BCUT2D eigenvalue weighted by Gasteiger charge is 2.68. The molecule has 8 heteroatoms. The Balaban J connectivity index is 1.69. The van der Waals surface area contributed by atoms with E-state index in [2.05, 4.69) is 0 Å². The minimum absolute atomic E-state index is 0.0248. The SMILES string of the molecule is COC(=O)[C@@H](c1ccc(Cl)cc1)N1CCN(C(=O)[C@]2(C)CC2(Cl)Cl)CC1. The third-order valence-electron chi connectivity index (χ3n) is 5.31. The van der Waals surface area contributed by atoms with Gasteiger partial charge in [0.2, 0.25) is 5.91 Å². The molecule has 1 heterocycles. The zero-order valence-corrected chi connectivity index (χ0v) is 16.9. The number of hydrogen-bond acceptors (Lipinski definition) is 4. The van der Waals surface area contributed by atoms with E-state index in [1.807, 2.05) is 17.0 Å². The van der Waals surface area contributed by atoms with Crippen LogP contribution in [0.2, 0.25) is 5.02 Å². The van der Waals surface area contributed by atoms with Crippen LogP contribution < -0.4 is 0 Å². The monoisotopic (exact) mass is 418 g/mol. The molecule has 0 unspecified atom stereocenters. The molecule has 3 rings (SSSR count). The fourth-order valence-corrected chi connectivity index (χ4v) is 4.24. The maximum Gasteiger partial charge on any atom is 0.327 e. The first kappa shape index (κ1) is 19.7. The van der Waals surface area contributed by atoms with Crippen LogP contribution in [0.5, 0.6) is 0 Å². The smallest absolute Gasteiger partial charge is 0.327 e. The Bertz CT molecular complexity index is 702. The summed E-state index contributed by atoms with van der Waals surface area (Å²) in [5, 5.41) is 0.607. The lowest BCUT2D eigenvalue weighted by atomic mass is 10.0. The van der Waals surface area contributed by atoms with Crippen molar-refractivity contribution in [2.75, 3.05) is 33.3 Å². The van der Waals surface area contributed by atoms with Crippen molar-refractivity contribution in [2.24, 2.45) is 5.41 Å². The van der Waals surface area contributed by atoms with Crippen molar-refractivity contribution < 1.29 is 14.3 Å². The van der Waals surface area contributed by atoms with E-state index in [0.717, 1.165) is 5.56 Å². The second kappa shape index (κ2) is 7.19. The molecule has 1 aliphatic carbocycles. The number of rotatable bonds is 4. The molecule has 1 amide bonds. The molecule has 0 bridgehead atoms. The lowest BCUT2D eigenvalue weighted by molar-refractivity contribution is -0.149. The van der Waals surface area contributed by atoms with Gasteiger partial charge in [0.25, 0.3) is 0 Å². The first-order valence-electron chi connectivity index (χ1n) is 8.44. The van der Waals surface area contributed by atoms with Crippen LogP contribution in [0.15, 0.2) is 24.3 Å². The Hall–Kier alpha value is -1.01. The van der Waals surface area contributed by atoms with Gasteiger partial charge in [-0.15, -0.1) is 23.2 Å². The van der Waals surface area contributed by atoms with Crippen molar-refractivity contribution in [3.05, 3.63) is 34.9 Å². The molecule has 142 valence electrons. The van der Waals surface area contributed by atoms with Crippen molar-refractivity contribution >= 4 is 46.7 Å². The second-order valence-electron chi connectivity index (χ2n) is 7.02. The average Bonchev–Trinajstić information content (AvgIpc) is 3.15. The van der Waals surface area contributed by atoms with Crippen molar-refractivity contribution in [1.29, 1.82) is 0 Å². The van der Waals surface area contributed by atoms with Crippen molar-refractivity contribution in [2.45, 2.75) is 23.7 Å². The molecule has 0 N–H and O–H groups in total. The van der Waals surface area contributed by atoms with E-state index in [9.17, 15) is 9.59 Å². The third-order valence-corrected chi connectivity index (χ3v) is 6.66. The highest BCUT2D eigenvalue weighted by molar-refractivity contribution is 6.53. The summed E-state index contributed by atoms with van der Waals surface area (Å²) < 4.78 is 4.01. The topological polar surface area (TPSA) is 49.9 Å². The highest BCUT2D eigenvalue weighted by atomic mass is 35.5. The number of alkyl halides is 2. The molecule has 1 aromatic rings. The van der Waals surface area contributed by atoms with E-state index in [-0.39, 0.29) is 11.9 Å². The Kier molecular flexibility index (Phi) is 5.46. The molecule has 26 heavy (non-hydrogen) atoms.